The predicted molar refractivity (Wildman–Crippen MR) is 74.0 cm³/mol. The van der Waals surface area contributed by atoms with Crippen LogP contribution in [0.5, 0.6) is 0 Å². The van der Waals surface area contributed by atoms with E-state index in [1.165, 1.54) is 5.56 Å². The molecule has 20 heavy (non-hydrogen) atoms. The number of carbonyl (C=O) groups excluding carboxylic acids is 1. The van der Waals surface area contributed by atoms with Gasteiger partial charge < -0.3 is 14.5 Å². The molecule has 0 radical (unpaired) electrons. The summed E-state index contributed by atoms with van der Waals surface area (Å²) in [5.41, 5.74) is 1.31. The fourth-order valence-corrected chi connectivity index (χ4v) is 3.53. The van der Waals surface area contributed by atoms with E-state index < -0.39 is 0 Å². The molecular formula is C15H22N2O3. The van der Waals surface area contributed by atoms with E-state index >= 15 is 0 Å². The molecule has 2 aliphatic heterocycles. The molecule has 2 saturated heterocycles. The molecule has 3 heterocycles. The van der Waals surface area contributed by atoms with E-state index in [-0.39, 0.29) is 17.2 Å². The average molecular weight is 278 g/mol. The molecule has 5 nitrogen and oxygen atoms in total. The van der Waals surface area contributed by atoms with E-state index in [1.54, 1.807) is 19.6 Å². The number of carbonyl (C=O) groups is 1. The number of nitrogens with one attached hydrogen (secondary N) is 1. The Morgan fingerprint density at radius 1 is 1.50 bits per heavy atom. The number of hydrogen-bond acceptors (Lipinski definition) is 4. The summed E-state index contributed by atoms with van der Waals surface area (Å²) >= 11 is 0. The van der Waals surface area contributed by atoms with Crippen molar-refractivity contribution in [3.05, 3.63) is 24.2 Å². The summed E-state index contributed by atoms with van der Waals surface area (Å²) in [6.45, 7) is 4.33. The van der Waals surface area contributed by atoms with Crippen LogP contribution in [-0.2, 0) is 16.1 Å². The lowest BCUT2D eigenvalue weighted by Crippen LogP contribution is -2.45. The first-order chi connectivity index (χ1) is 9.73. The van der Waals surface area contributed by atoms with E-state index in [9.17, 15) is 4.79 Å². The van der Waals surface area contributed by atoms with Crippen molar-refractivity contribution in [2.45, 2.75) is 19.4 Å². The first-order valence-corrected chi connectivity index (χ1v) is 7.24. The molecule has 1 aromatic heterocycles. The van der Waals surface area contributed by atoms with Gasteiger partial charge in [0.05, 0.1) is 25.1 Å². The van der Waals surface area contributed by atoms with Gasteiger partial charge in [0.25, 0.3) is 0 Å². The van der Waals surface area contributed by atoms with Gasteiger partial charge in [0.2, 0.25) is 5.91 Å². The second-order valence-corrected chi connectivity index (χ2v) is 6.00. The van der Waals surface area contributed by atoms with Gasteiger partial charge in [-0.05, 0) is 32.0 Å². The second-order valence-electron chi connectivity index (χ2n) is 6.00. The molecule has 1 amide bonds. The topological polar surface area (TPSA) is 54.7 Å². The summed E-state index contributed by atoms with van der Waals surface area (Å²) in [5, 5.41) is 3.02. The highest BCUT2D eigenvalue weighted by Gasteiger charge is 2.49. The van der Waals surface area contributed by atoms with Crippen LogP contribution in [0.1, 0.15) is 18.4 Å². The van der Waals surface area contributed by atoms with Crippen molar-refractivity contribution in [1.82, 2.24) is 10.2 Å². The SMILES string of the molecule is COC[C@@H]1C(=O)NCC12CCN(Cc1ccoc1)CC2. The van der Waals surface area contributed by atoms with Crippen molar-refractivity contribution >= 4 is 5.91 Å². The fourth-order valence-electron chi connectivity index (χ4n) is 3.53. The number of furan rings is 1. The Labute approximate surface area is 119 Å². The Kier molecular flexibility index (Phi) is 3.81. The molecule has 1 aromatic rings. The van der Waals surface area contributed by atoms with Crippen molar-refractivity contribution in [2.24, 2.45) is 11.3 Å². The van der Waals surface area contributed by atoms with Crippen LogP contribution in [0.2, 0.25) is 0 Å². The van der Waals surface area contributed by atoms with Gasteiger partial charge in [0.15, 0.2) is 0 Å². The molecule has 0 aliphatic carbocycles. The van der Waals surface area contributed by atoms with E-state index in [4.69, 9.17) is 9.15 Å². The molecule has 0 unspecified atom stereocenters. The van der Waals surface area contributed by atoms with Gasteiger partial charge in [-0.1, -0.05) is 0 Å². The number of amides is 1. The Morgan fingerprint density at radius 3 is 2.95 bits per heavy atom. The molecule has 0 aromatic carbocycles. The van der Waals surface area contributed by atoms with Crippen molar-refractivity contribution in [3.8, 4) is 0 Å². The summed E-state index contributed by atoms with van der Waals surface area (Å²) in [6.07, 6.45) is 5.63. The van der Waals surface area contributed by atoms with Crippen LogP contribution in [0.4, 0.5) is 0 Å². The first kappa shape index (κ1) is 13.6. The van der Waals surface area contributed by atoms with E-state index in [0.717, 1.165) is 39.0 Å². The highest BCUT2D eigenvalue weighted by Crippen LogP contribution is 2.42. The third kappa shape index (κ3) is 2.47. The highest BCUT2D eigenvalue weighted by atomic mass is 16.5. The Morgan fingerprint density at radius 2 is 2.30 bits per heavy atom. The van der Waals surface area contributed by atoms with Crippen LogP contribution in [0.25, 0.3) is 0 Å². The molecule has 2 fully saturated rings. The van der Waals surface area contributed by atoms with Gasteiger partial charge >= 0.3 is 0 Å². The maximum atomic E-state index is 12.0. The second kappa shape index (κ2) is 5.58. The van der Waals surface area contributed by atoms with Gasteiger partial charge in [-0.3, -0.25) is 9.69 Å². The van der Waals surface area contributed by atoms with E-state index in [0.29, 0.717) is 6.61 Å². The van der Waals surface area contributed by atoms with Crippen LogP contribution < -0.4 is 5.32 Å². The predicted octanol–water partition coefficient (Wildman–Crippen LogP) is 1.25. The van der Waals surface area contributed by atoms with Gasteiger partial charge in [-0.15, -0.1) is 0 Å². The molecule has 110 valence electrons. The Hall–Kier alpha value is -1.33. The lowest BCUT2D eigenvalue weighted by atomic mass is 9.71. The number of nitrogens with zero attached hydrogens (tertiary/aromatic N) is 1. The summed E-state index contributed by atoms with van der Waals surface area (Å²) in [6, 6.07) is 2.01. The summed E-state index contributed by atoms with van der Waals surface area (Å²) < 4.78 is 10.4. The summed E-state index contributed by atoms with van der Waals surface area (Å²) in [7, 11) is 1.67. The van der Waals surface area contributed by atoms with Gasteiger partial charge in [0.1, 0.15) is 0 Å². The Balaban J connectivity index is 1.61. The lowest BCUT2D eigenvalue weighted by Gasteiger charge is -2.41. The number of likely N-dealkylation sites (tertiary alicyclic amines) is 1. The zero-order chi connectivity index (χ0) is 14.0. The van der Waals surface area contributed by atoms with Crippen LogP contribution in [-0.4, -0.2) is 44.2 Å². The molecule has 0 saturated carbocycles. The highest BCUT2D eigenvalue weighted by molar-refractivity contribution is 5.82. The minimum Gasteiger partial charge on any atom is -0.472 e. The molecule has 1 spiro atoms. The number of methoxy groups -OCH3 is 1. The van der Waals surface area contributed by atoms with Crippen molar-refractivity contribution in [2.75, 3.05) is 33.4 Å². The van der Waals surface area contributed by atoms with E-state index in [1.807, 2.05) is 6.07 Å². The fraction of sp³-hybridized carbons (Fsp3) is 0.667. The quantitative estimate of drug-likeness (QED) is 0.900. The smallest absolute Gasteiger partial charge is 0.226 e. The summed E-state index contributed by atoms with van der Waals surface area (Å²) in [4.78, 5) is 14.4. The van der Waals surface area contributed by atoms with Crippen LogP contribution in [0.15, 0.2) is 23.0 Å². The number of piperidine rings is 1. The third-order valence-corrected chi connectivity index (χ3v) is 4.84. The molecule has 1 atom stereocenters. The Bertz CT molecular complexity index is 450. The first-order valence-electron chi connectivity index (χ1n) is 7.24. The number of hydrogen-bond donors (Lipinski definition) is 1. The molecule has 3 rings (SSSR count). The maximum absolute atomic E-state index is 12.0. The molecule has 0 bridgehead atoms. The van der Waals surface area contributed by atoms with Gasteiger partial charge in [-0.2, -0.15) is 0 Å². The minimum absolute atomic E-state index is 0.0172. The molecule has 1 N–H and O–H groups in total. The zero-order valence-corrected chi connectivity index (χ0v) is 11.9. The standard InChI is InChI=1S/C15H22N2O3/c1-19-10-13-14(18)16-11-15(13)3-5-17(6-4-15)8-12-2-7-20-9-12/h2,7,9,13H,3-6,8,10-11H2,1H3,(H,16,18)/t13-/m1/s1. The average Bonchev–Trinajstić information content (AvgIpc) is 3.06. The monoisotopic (exact) mass is 278 g/mol. The van der Waals surface area contributed by atoms with Crippen molar-refractivity contribution in [1.29, 1.82) is 0 Å². The van der Waals surface area contributed by atoms with Crippen molar-refractivity contribution in [3.63, 3.8) is 0 Å². The summed E-state index contributed by atoms with van der Waals surface area (Å²) in [5.74, 6) is 0.179. The van der Waals surface area contributed by atoms with E-state index in [2.05, 4.69) is 10.2 Å². The number of rotatable bonds is 4. The molecule has 2 aliphatic rings. The normalized spacial score (nSPS) is 26.1. The zero-order valence-electron chi connectivity index (χ0n) is 11.9. The van der Waals surface area contributed by atoms with Crippen LogP contribution in [0, 0.1) is 11.3 Å². The maximum Gasteiger partial charge on any atom is 0.226 e. The number of ether oxygens (including phenoxy) is 1. The lowest BCUT2D eigenvalue weighted by molar-refractivity contribution is -0.126. The van der Waals surface area contributed by atoms with Gasteiger partial charge in [0, 0.05) is 31.2 Å². The van der Waals surface area contributed by atoms with Crippen molar-refractivity contribution < 1.29 is 13.9 Å². The minimum atomic E-state index is 0.0172. The largest absolute Gasteiger partial charge is 0.472 e. The van der Waals surface area contributed by atoms with Gasteiger partial charge in [-0.25, -0.2) is 0 Å². The molecular weight excluding hydrogens is 256 g/mol. The molecule has 5 heteroatoms. The van der Waals surface area contributed by atoms with Crippen LogP contribution >= 0.6 is 0 Å². The van der Waals surface area contributed by atoms with Crippen LogP contribution in [0.3, 0.4) is 0 Å². The third-order valence-electron chi connectivity index (χ3n) is 4.84.